The predicted molar refractivity (Wildman–Crippen MR) is 136 cm³/mol. The SMILES string of the molecule is CC[Si](C1=C(C)C(C)=C(C)C1C)(c1ccccc1)c1cc(C)cc([Si](C)(C)C)c1. The minimum absolute atomic E-state index is 0.540. The summed E-state index contributed by atoms with van der Waals surface area (Å²) in [6.45, 7) is 21.7. The van der Waals surface area contributed by atoms with Crippen LogP contribution in [0.1, 0.15) is 40.2 Å². The molecule has 2 aromatic rings. The third-order valence-electron chi connectivity index (χ3n) is 7.33. The van der Waals surface area contributed by atoms with Gasteiger partial charge in [0.25, 0.3) is 0 Å². The van der Waals surface area contributed by atoms with Crippen molar-refractivity contribution in [3.63, 3.8) is 0 Å². The van der Waals surface area contributed by atoms with Crippen LogP contribution in [-0.2, 0) is 0 Å². The Balaban J connectivity index is 2.40. The van der Waals surface area contributed by atoms with Gasteiger partial charge in [0.1, 0.15) is 8.07 Å². The van der Waals surface area contributed by atoms with Crippen molar-refractivity contribution in [3.8, 4) is 0 Å². The number of rotatable bonds is 5. The zero-order chi connectivity index (χ0) is 21.6. The Morgan fingerprint density at radius 1 is 0.759 bits per heavy atom. The summed E-state index contributed by atoms with van der Waals surface area (Å²) >= 11 is 0. The van der Waals surface area contributed by atoms with Crippen LogP contribution in [0.4, 0.5) is 0 Å². The van der Waals surface area contributed by atoms with Gasteiger partial charge in [-0.05, 0) is 55.6 Å². The van der Waals surface area contributed by atoms with Crippen molar-refractivity contribution >= 4 is 31.7 Å². The van der Waals surface area contributed by atoms with Gasteiger partial charge < -0.3 is 0 Å². The fourth-order valence-corrected chi connectivity index (χ4v) is 12.3. The van der Waals surface area contributed by atoms with E-state index in [9.17, 15) is 0 Å². The van der Waals surface area contributed by atoms with Gasteiger partial charge in [-0.15, -0.1) is 0 Å². The topological polar surface area (TPSA) is 0 Å². The zero-order valence-corrected chi connectivity index (χ0v) is 21.9. The van der Waals surface area contributed by atoms with Crippen LogP contribution < -0.4 is 15.6 Å². The van der Waals surface area contributed by atoms with E-state index in [1.165, 1.54) is 17.2 Å². The van der Waals surface area contributed by atoms with Crippen LogP contribution in [-0.4, -0.2) is 16.1 Å². The number of benzene rings is 2. The van der Waals surface area contributed by atoms with E-state index < -0.39 is 16.1 Å². The third-order valence-corrected chi connectivity index (χ3v) is 14.7. The molecule has 2 aromatic carbocycles. The van der Waals surface area contributed by atoms with Gasteiger partial charge in [0.05, 0.1) is 8.07 Å². The first-order valence-electron chi connectivity index (χ1n) is 11.1. The van der Waals surface area contributed by atoms with Gasteiger partial charge in [0, 0.05) is 0 Å². The van der Waals surface area contributed by atoms with E-state index in [4.69, 9.17) is 0 Å². The van der Waals surface area contributed by atoms with Crippen molar-refractivity contribution in [1.82, 2.24) is 0 Å². The molecule has 2 heteroatoms. The molecule has 154 valence electrons. The number of allylic oxidation sites excluding steroid dienone is 4. The molecule has 0 fully saturated rings. The minimum Gasteiger partial charge on any atom is -0.0669 e. The third kappa shape index (κ3) is 3.66. The number of aryl methyl sites for hydroxylation is 1. The average molecular weight is 419 g/mol. The van der Waals surface area contributed by atoms with Crippen LogP contribution in [0, 0.1) is 12.8 Å². The van der Waals surface area contributed by atoms with E-state index in [0.29, 0.717) is 5.92 Å². The molecule has 2 unspecified atom stereocenters. The highest BCUT2D eigenvalue weighted by molar-refractivity contribution is 7.08. The van der Waals surface area contributed by atoms with Crippen LogP contribution in [0.15, 0.2) is 70.4 Å². The Hall–Kier alpha value is -1.65. The molecular formula is C27H38Si2. The highest BCUT2D eigenvalue weighted by atomic mass is 28.3. The Labute approximate surface area is 180 Å². The van der Waals surface area contributed by atoms with Crippen molar-refractivity contribution in [2.45, 2.75) is 67.2 Å². The lowest BCUT2D eigenvalue weighted by Gasteiger charge is -2.38. The van der Waals surface area contributed by atoms with Crippen LogP contribution in [0.2, 0.25) is 25.7 Å². The average Bonchev–Trinajstić information content (AvgIpc) is 2.87. The van der Waals surface area contributed by atoms with Crippen molar-refractivity contribution in [3.05, 3.63) is 76.0 Å². The first kappa shape index (κ1) is 22.0. The maximum absolute atomic E-state index is 2.61. The molecule has 0 N–H and O–H groups in total. The smallest absolute Gasteiger partial charge is 0.0669 e. The standard InChI is InChI=1S/C27H38Si2/c1-10-29(24-14-12-11-13-15-24,27-22(5)20(3)21(4)23(27)6)26-17-19(2)16-25(18-26)28(7,8)9/h11-18,22H,10H2,1-9H3. The van der Waals surface area contributed by atoms with Crippen LogP contribution >= 0.6 is 0 Å². The summed E-state index contributed by atoms with van der Waals surface area (Å²) < 4.78 is 0. The molecular weight excluding hydrogens is 380 g/mol. The van der Waals surface area contributed by atoms with Gasteiger partial charge in [-0.2, -0.15) is 0 Å². The van der Waals surface area contributed by atoms with E-state index in [0.717, 1.165) is 0 Å². The second kappa shape index (κ2) is 7.88. The van der Waals surface area contributed by atoms with Gasteiger partial charge in [-0.1, -0.05) is 109 Å². The Kier molecular flexibility index (Phi) is 5.99. The van der Waals surface area contributed by atoms with Crippen molar-refractivity contribution < 1.29 is 0 Å². The normalized spacial score (nSPS) is 19.7. The highest BCUT2D eigenvalue weighted by Crippen LogP contribution is 2.42. The maximum atomic E-state index is 2.61. The minimum atomic E-state index is -2.08. The molecule has 0 aromatic heterocycles. The van der Waals surface area contributed by atoms with Crippen molar-refractivity contribution in [2.24, 2.45) is 5.92 Å². The lowest BCUT2D eigenvalue weighted by Crippen LogP contribution is -2.62. The molecule has 2 atom stereocenters. The number of hydrogen-bond acceptors (Lipinski definition) is 0. The summed E-state index contributed by atoms with van der Waals surface area (Å²) in [6, 6.07) is 20.2. The number of hydrogen-bond donors (Lipinski definition) is 0. The van der Waals surface area contributed by atoms with Gasteiger partial charge in [0.2, 0.25) is 0 Å². The molecule has 3 rings (SSSR count). The maximum Gasteiger partial charge on any atom is 0.144 e. The Morgan fingerprint density at radius 2 is 1.34 bits per heavy atom. The summed E-state index contributed by atoms with van der Waals surface area (Å²) in [5.74, 6) is 0.540. The van der Waals surface area contributed by atoms with Gasteiger partial charge >= 0.3 is 0 Å². The molecule has 1 aliphatic rings. The highest BCUT2D eigenvalue weighted by Gasteiger charge is 2.45. The quantitative estimate of drug-likeness (QED) is 0.525. The molecule has 29 heavy (non-hydrogen) atoms. The van der Waals surface area contributed by atoms with Crippen LogP contribution in [0.25, 0.3) is 0 Å². The molecule has 0 saturated carbocycles. The molecule has 0 aliphatic heterocycles. The van der Waals surface area contributed by atoms with E-state index in [2.05, 4.69) is 110 Å². The van der Waals surface area contributed by atoms with E-state index in [1.807, 2.05) is 0 Å². The summed E-state index contributed by atoms with van der Waals surface area (Å²) in [5.41, 5.74) is 6.07. The molecule has 0 nitrogen and oxygen atoms in total. The fraction of sp³-hybridized carbons (Fsp3) is 0.407. The molecule has 0 saturated heterocycles. The first-order chi connectivity index (χ1) is 13.5. The summed E-state index contributed by atoms with van der Waals surface area (Å²) in [7, 11) is -3.47. The zero-order valence-electron chi connectivity index (χ0n) is 19.9. The van der Waals surface area contributed by atoms with E-state index >= 15 is 0 Å². The largest absolute Gasteiger partial charge is 0.144 e. The van der Waals surface area contributed by atoms with Crippen molar-refractivity contribution in [1.29, 1.82) is 0 Å². The summed E-state index contributed by atoms with van der Waals surface area (Å²) in [5, 5.41) is 6.53. The van der Waals surface area contributed by atoms with E-state index in [-0.39, 0.29) is 0 Å². The second-order valence-electron chi connectivity index (χ2n) is 10.0. The Morgan fingerprint density at radius 3 is 1.83 bits per heavy atom. The molecule has 1 aliphatic carbocycles. The molecule has 0 spiro atoms. The lowest BCUT2D eigenvalue weighted by molar-refractivity contribution is 0.848. The molecule has 0 radical (unpaired) electrons. The van der Waals surface area contributed by atoms with Crippen molar-refractivity contribution in [2.75, 3.05) is 0 Å². The van der Waals surface area contributed by atoms with E-state index in [1.54, 1.807) is 31.9 Å². The monoisotopic (exact) mass is 418 g/mol. The predicted octanol–water partition coefficient (Wildman–Crippen LogP) is 5.96. The van der Waals surface area contributed by atoms with Gasteiger partial charge in [-0.25, -0.2) is 0 Å². The first-order valence-corrected chi connectivity index (χ1v) is 16.8. The van der Waals surface area contributed by atoms with Crippen LogP contribution in [0.3, 0.4) is 0 Å². The summed E-state index contributed by atoms with van der Waals surface area (Å²) in [6.07, 6.45) is 0. The lowest BCUT2D eigenvalue weighted by atomic mass is 10.1. The molecule has 0 bridgehead atoms. The van der Waals surface area contributed by atoms with Gasteiger partial charge in [-0.3, -0.25) is 0 Å². The molecule has 0 amide bonds. The van der Waals surface area contributed by atoms with Gasteiger partial charge in [0.15, 0.2) is 0 Å². The Bertz CT molecular complexity index is 973. The fourth-order valence-electron chi connectivity index (χ4n) is 5.32. The summed E-state index contributed by atoms with van der Waals surface area (Å²) in [4.78, 5) is 0. The molecule has 0 heterocycles. The van der Waals surface area contributed by atoms with Crippen LogP contribution in [0.5, 0.6) is 0 Å². The second-order valence-corrected chi connectivity index (χ2v) is 19.3.